The van der Waals surface area contributed by atoms with Gasteiger partial charge in [0.25, 0.3) is 0 Å². The smallest absolute Gasteiger partial charge is 0.158 e. The van der Waals surface area contributed by atoms with Crippen LogP contribution in [-0.4, -0.2) is 20.2 Å². The number of nitrogens with zero attached hydrogens (tertiary/aromatic N) is 5. The van der Waals surface area contributed by atoms with Crippen molar-refractivity contribution in [3.63, 3.8) is 0 Å². The molecule has 5 heteroatoms. The second kappa shape index (κ2) is 4.66. The number of para-hydroxylation sites is 1. The molecule has 1 heterocycles. The van der Waals surface area contributed by atoms with Crippen LogP contribution in [0.25, 0.3) is 5.69 Å². The normalized spacial score (nSPS) is 30.4. The quantitative estimate of drug-likeness (QED) is 0.866. The molecular formula is C16H17N5. The predicted molar refractivity (Wildman–Crippen MR) is 76.4 cm³/mol. The van der Waals surface area contributed by atoms with Crippen LogP contribution in [0.2, 0.25) is 0 Å². The molecule has 0 radical (unpaired) electrons. The van der Waals surface area contributed by atoms with E-state index in [9.17, 15) is 5.26 Å². The third-order valence-corrected chi connectivity index (χ3v) is 5.21. The molecule has 0 N–H and O–H groups in total. The Kier molecular flexibility index (Phi) is 2.78. The van der Waals surface area contributed by atoms with Gasteiger partial charge in [-0.2, -0.15) is 9.94 Å². The molecule has 1 aromatic carbocycles. The van der Waals surface area contributed by atoms with Crippen LogP contribution >= 0.6 is 0 Å². The summed E-state index contributed by atoms with van der Waals surface area (Å²) in [5, 5.41) is 21.9. The van der Waals surface area contributed by atoms with E-state index in [0.29, 0.717) is 12.3 Å². The minimum atomic E-state index is -0.260. The average molecular weight is 279 g/mol. The average Bonchev–Trinajstić information content (AvgIpc) is 3.24. The molecule has 0 saturated heterocycles. The summed E-state index contributed by atoms with van der Waals surface area (Å²) in [5.41, 5.74) is 0.693. The van der Waals surface area contributed by atoms with Crippen molar-refractivity contribution < 1.29 is 0 Å². The number of hydrogen-bond donors (Lipinski definition) is 0. The van der Waals surface area contributed by atoms with Gasteiger partial charge in [-0.05, 0) is 53.7 Å². The van der Waals surface area contributed by atoms with E-state index >= 15 is 0 Å². The number of rotatable bonds is 3. The van der Waals surface area contributed by atoms with Crippen LogP contribution in [0, 0.1) is 28.6 Å². The zero-order valence-corrected chi connectivity index (χ0v) is 11.8. The first-order valence-electron chi connectivity index (χ1n) is 7.55. The maximum absolute atomic E-state index is 9.77. The Morgan fingerprint density at radius 3 is 2.81 bits per heavy atom. The maximum atomic E-state index is 9.77. The highest BCUT2D eigenvalue weighted by Gasteiger charge is 2.52. The second-order valence-electron chi connectivity index (χ2n) is 6.37. The predicted octanol–water partition coefficient (Wildman–Crippen LogP) is 2.53. The van der Waals surface area contributed by atoms with Gasteiger partial charge in [0.2, 0.25) is 0 Å². The van der Waals surface area contributed by atoms with Gasteiger partial charge in [-0.15, -0.1) is 5.10 Å². The summed E-state index contributed by atoms with van der Waals surface area (Å²) in [7, 11) is 0. The fourth-order valence-electron chi connectivity index (χ4n) is 4.20. The van der Waals surface area contributed by atoms with E-state index < -0.39 is 0 Å². The van der Waals surface area contributed by atoms with Gasteiger partial charge in [0.1, 0.15) is 0 Å². The van der Waals surface area contributed by atoms with Crippen LogP contribution in [-0.2, 0) is 6.42 Å². The SMILES string of the molecule is N#CC1(Cc2nnnn2-c2ccccc2)CC2CCC1C2. The van der Waals surface area contributed by atoms with Crippen LogP contribution in [0.5, 0.6) is 0 Å². The molecule has 106 valence electrons. The van der Waals surface area contributed by atoms with E-state index in [-0.39, 0.29) is 5.41 Å². The molecule has 2 aliphatic rings. The molecule has 2 saturated carbocycles. The van der Waals surface area contributed by atoms with Crippen LogP contribution in [0.1, 0.15) is 31.5 Å². The van der Waals surface area contributed by atoms with Gasteiger partial charge in [0.15, 0.2) is 5.82 Å². The minimum absolute atomic E-state index is 0.260. The first-order valence-corrected chi connectivity index (χ1v) is 7.55. The van der Waals surface area contributed by atoms with E-state index in [1.54, 1.807) is 4.68 Å². The Morgan fingerprint density at radius 2 is 2.14 bits per heavy atom. The van der Waals surface area contributed by atoms with E-state index in [0.717, 1.165) is 23.9 Å². The second-order valence-corrected chi connectivity index (χ2v) is 6.37. The number of nitriles is 1. The molecule has 2 fully saturated rings. The van der Waals surface area contributed by atoms with Crippen molar-refractivity contribution in [1.82, 2.24) is 20.2 Å². The van der Waals surface area contributed by atoms with E-state index in [4.69, 9.17) is 0 Å². The highest BCUT2D eigenvalue weighted by atomic mass is 15.5. The van der Waals surface area contributed by atoms with Crippen molar-refractivity contribution >= 4 is 0 Å². The largest absolute Gasteiger partial charge is 0.198 e. The van der Waals surface area contributed by atoms with Gasteiger partial charge in [-0.3, -0.25) is 0 Å². The number of benzene rings is 1. The lowest BCUT2D eigenvalue weighted by atomic mass is 9.72. The summed E-state index contributed by atoms with van der Waals surface area (Å²) >= 11 is 0. The van der Waals surface area contributed by atoms with Gasteiger partial charge >= 0.3 is 0 Å². The van der Waals surface area contributed by atoms with Crippen molar-refractivity contribution in [3.05, 3.63) is 36.2 Å². The fraction of sp³-hybridized carbons (Fsp3) is 0.500. The van der Waals surface area contributed by atoms with Gasteiger partial charge in [0.05, 0.1) is 17.2 Å². The maximum Gasteiger partial charge on any atom is 0.158 e. The zero-order chi connectivity index (χ0) is 14.3. The Labute approximate surface area is 123 Å². The lowest BCUT2D eigenvalue weighted by Gasteiger charge is -2.30. The van der Waals surface area contributed by atoms with Crippen LogP contribution < -0.4 is 0 Å². The van der Waals surface area contributed by atoms with Crippen molar-refractivity contribution in [2.75, 3.05) is 0 Å². The molecule has 2 aromatic rings. The summed E-state index contributed by atoms with van der Waals surface area (Å²) < 4.78 is 1.77. The summed E-state index contributed by atoms with van der Waals surface area (Å²) in [5.74, 6) is 2.06. The number of hydrogen-bond acceptors (Lipinski definition) is 4. The van der Waals surface area contributed by atoms with E-state index in [1.807, 2.05) is 30.3 Å². The lowest BCUT2D eigenvalue weighted by molar-refractivity contribution is 0.234. The zero-order valence-electron chi connectivity index (χ0n) is 11.8. The molecular weight excluding hydrogens is 262 g/mol. The highest BCUT2D eigenvalue weighted by Crippen LogP contribution is 2.56. The summed E-state index contributed by atoms with van der Waals surface area (Å²) in [6.07, 6.45) is 5.35. The minimum Gasteiger partial charge on any atom is -0.198 e. The Bertz CT molecular complexity index is 686. The molecule has 0 amide bonds. The van der Waals surface area contributed by atoms with Crippen LogP contribution in [0.15, 0.2) is 30.3 Å². The standard InChI is InChI=1S/C16H17N5/c17-11-16(9-12-6-7-13(16)8-12)10-15-18-19-20-21(15)14-4-2-1-3-5-14/h1-5,12-13H,6-10H2. The van der Waals surface area contributed by atoms with E-state index in [2.05, 4.69) is 21.6 Å². The van der Waals surface area contributed by atoms with Gasteiger partial charge < -0.3 is 0 Å². The third-order valence-electron chi connectivity index (χ3n) is 5.21. The van der Waals surface area contributed by atoms with Crippen molar-refractivity contribution in [3.8, 4) is 11.8 Å². The number of fused-ring (bicyclic) bond motifs is 2. The number of tetrazole rings is 1. The first kappa shape index (κ1) is 12.5. The van der Waals surface area contributed by atoms with Gasteiger partial charge in [0, 0.05) is 6.42 Å². The third kappa shape index (κ3) is 1.94. The molecule has 2 bridgehead atoms. The topological polar surface area (TPSA) is 67.4 Å². The lowest BCUT2D eigenvalue weighted by Crippen LogP contribution is -2.30. The summed E-state index contributed by atoms with van der Waals surface area (Å²) in [6, 6.07) is 12.5. The highest BCUT2D eigenvalue weighted by molar-refractivity contribution is 5.31. The molecule has 5 nitrogen and oxygen atoms in total. The van der Waals surface area contributed by atoms with Gasteiger partial charge in [-0.25, -0.2) is 0 Å². The van der Waals surface area contributed by atoms with Crippen molar-refractivity contribution in [2.45, 2.75) is 32.1 Å². The Morgan fingerprint density at radius 1 is 1.29 bits per heavy atom. The molecule has 0 spiro atoms. The molecule has 3 atom stereocenters. The van der Waals surface area contributed by atoms with Crippen molar-refractivity contribution in [1.29, 1.82) is 5.26 Å². The molecule has 2 aliphatic carbocycles. The molecule has 3 unspecified atom stereocenters. The van der Waals surface area contributed by atoms with E-state index in [1.165, 1.54) is 19.3 Å². The molecule has 1 aromatic heterocycles. The molecule has 21 heavy (non-hydrogen) atoms. The molecule has 0 aliphatic heterocycles. The Balaban J connectivity index is 1.67. The first-order chi connectivity index (χ1) is 10.3. The van der Waals surface area contributed by atoms with Gasteiger partial charge in [-0.1, -0.05) is 24.6 Å². The molecule has 4 rings (SSSR count). The number of aromatic nitrogens is 4. The monoisotopic (exact) mass is 279 g/mol. The van der Waals surface area contributed by atoms with Crippen LogP contribution in [0.3, 0.4) is 0 Å². The van der Waals surface area contributed by atoms with Crippen molar-refractivity contribution in [2.24, 2.45) is 17.3 Å². The summed E-state index contributed by atoms with van der Waals surface area (Å²) in [4.78, 5) is 0. The van der Waals surface area contributed by atoms with Crippen LogP contribution in [0.4, 0.5) is 0 Å². The fourth-order valence-corrected chi connectivity index (χ4v) is 4.20. The Hall–Kier alpha value is -2.22. The summed E-state index contributed by atoms with van der Waals surface area (Å²) in [6.45, 7) is 0.